The van der Waals surface area contributed by atoms with Gasteiger partial charge in [-0.1, -0.05) is 0 Å². The molecule has 0 aliphatic carbocycles. The highest BCUT2D eigenvalue weighted by atomic mass is 35.7. The highest BCUT2D eigenvalue weighted by molar-refractivity contribution is 8.13. The number of hydrogen-bond donors (Lipinski definition) is 0. The Hall–Kier alpha value is -0.940. The summed E-state index contributed by atoms with van der Waals surface area (Å²) in [4.78, 5) is 0. The lowest BCUT2D eigenvalue weighted by molar-refractivity contribution is 0.356. The van der Waals surface area contributed by atoms with Gasteiger partial charge in [0.05, 0.1) is 19.5 Å². The molecule has 0 N–H and O–H groups in total. The molecule has 0 unspecified atom stereocenters. The maximum absolute atomic E-state index is 11.2. The fourth-order valence-electron chi connectivity index (χ4n) is 2.15. The molecular weight excluding hydrogens is 264 g/mol. The minimum Gasteiger partial charge on any atom is -0.496 e. The molecule has 1 aromatic carbocycles. The van der Waals surface area contributed by atoms with E-state index in [1.807, 2.05) is 13.0 Å². The van der Waals surface area contributed by atoms with E-state index in [0.717, 1.165) is 16.9 Å². The number of ether oxygens (including phenoxy) is 2. The maximum Gasteiger partial charge on any atom is 0.236 e. The van der Waals surface area contributed by atoms with Crippen molar-refractivity contribution in [1.29, 1.82) is 0 Å². The minimum absolute atomic E-state index is 0.231. The van der Waals surface area contributed by atoms with Crippen molar-refractivity contribution in [2.45, 2.75) is 19.1 Å². The van der Waals surface area contributed by atoms with Crippen LogP contribution in [-0.2, 0) is 21.2 Å². The summed E-state index contributed by atoms with van der Waals surface area (Å²) in [6.45, 7) is 2.42. The summed E-state index contributed by atoms with van der Waals surface area (Å²) >= 11 is 0. The van der Waals surface area contributed by atoms with Crippen molar-refractivity contribution in [3.8, 4) is 11.5 Å². The van der Waals surface area contributed by atoms with Crippen LogP contribution in [0.5, 0.6) is 11.5 Å². The van der Waals surface area contributed by atoms with Crippen LogP contribution >= 0.6 is 10.7 Å². The van der Waals surface area contributed by atoms with Crippen molar-refractivity contribution in [1.82, 2.24) is 0 Å². The second-order valence-electron chi connectivity index (χ2n) is 3.96. The zero-order valence-corrected chi connectivity index (χ0v) is 11.2. The molecule has 0 aromatic heterocycles. The molecule has 94 valence electrons. The highest BCUT2D eigenvalue weighted by Gasteiger charge is 2.24. The number of methoxy groups -OCH3 is 1. The molecule has 1 aliphatic rings. The summed E-state index contributed by atoms with van der Waals surface area (Å²) in [6.07, 6.45) is 0.688. The Bertz CT molecular complexity index is 547. The lowest BCUT2D eigenvalue weighted by atomic mass is 10.0. The van der Waals surface area contributed by atoms with Gasteiger partial charge >= 0.3 is 0 Å². The summed E-state index contributed by atoms with van der Waals surface area (Å²) in [7, 11) is 3.24. The monoisotopic (exact) mass is 276 g/mol. The number of hydrogen-bond acceptors (Lipinski definition) is 4. The van der Waals surface area contributed by atoms with E-state index >= 15 is 0 Å². The molecule has 0 fully saturated rings. The van der Waals surface area contributed by atoms with E-state index in [9.17, 15) is 8.42 Å². The van der Waals surface area contributed by atoms with Gasteiger partial charge in [0, 0.05) is 28.2 Å². The number of aryl methyl sites for hydroxylation is 1. The summed E-state index contributed by atoms with van der Waals surface area (Å²) < 4.78 is 33.2. The lowest BCUT2D eigenvalue weighted by Gasteiger charge is -2.14. The van der Waals surface area contributed by atoms with Gasteiger partial charge in [-0.25, -0.2) is 8.42 Å². The predicted octanol–water partition coefficient (Wildman–Crippen LogP) is 2.01. The van der Waals surface area contributed by atoms with Gasteiger partial charge in [0.15, 0.2) is 0 Å². The highest BCUT2D eigenvalue weighted by Crippen LogP contribution is 2.38. The molecule has 1 heterocycles. The Labute approximate surface area is 105 Å². The lowest BCUT2D eigenvalue weighted by Crippen LogP contribution is -2.03. The topological polar surface area (TPSA) is 52.6 Å². The number of benzene rings is 1. The second kappa shape index (κ2) is 4.38. The van der Waals surface area contributed by atoms with E-state index in [-0.39, 0.29) is 5.75 Å². The molecule has 0 spiro atoms. The molecule has 1 aromatic rings. The molecule has 4 nitrogen and oxygen atoms in total. The van der Waals surface area contributed by atoms with Gasteiger partial charge < -0.3 is 9.47 Å². The van der Waals surface area contributed by atoms with Crippen LogP contribution in [0.2, 0.25) is 0 Å². The number of rotatable bonds is 3. The summed E-state index contributed by atoms with van der Waals surface area (Å²) in [6, 6.07) is 1.87. The van der Waals surface area contributed by atoms with Crippen LogP contribution in [0.4, 0.5) is 0 Å². The van der Waals surface area contributed by atoms with Crippen LogP contribution in [0, 0.1) is 6.92 Å². The third kappa shape index (κ3) is 2.50. The summed E-state index contributed by atoms with van der Waals surface area (Å²) in [5.41, 5.74) is 2.36. The van der Waals surface area contributed by atoms with Gasteiger partial charge in [0.2, 0.25) is 9.05 Å². The van der Waals surface area contributed by atoms with Crippen molar-refractivity contribution >= 4 is 19.7 Å². The molecule has 6 heteroatoms. The first-order valence-corrected chi connectivity index (χ1v) is 7.64. The standard InChI is InChI=1S/C11H13ClO4S/c1-7-5-10-8(3-4-16-10)9(11(7)15-2)6-17(12,13)14/h5H,3-4,6H2,1-2H3. The molecule has 0 atom stereocenters. The normalized spacial score (nSPS) is 14.3. The molecule has 1 aliphatic heterocycles. The Morgan fingerprint density at radius 1 is 1.53 bits per heavy atom. The Morgan fingerprint density at radius 3 is 2.82 bits per heavy atom. The van der Waals surface area contributed by atoms with Crippen molar-refractivity contribution in [2.24, 2.45) is 0 Å². The van der Waals surface area contributed by atoms with Gasteiger partial charge in [-0.2, -0.15) is 0 Å². The van der Waals surface area contributed by atoms with E-state index in [2.05, 4.69) is 0 Å². The minimum atomic E-state index is -3.61. The number of halogens is 1. The zero-order chi connectivity index (χ0) is 12.6. The molecule has 0 saturated heterocycles. The van der Waals surface area contributed by atoms with Crippen molar-refractivity contribution < 1.29 is 17.9 Å². The van der Waals surface area contributed by atoms with E-state index in [1.54, 1.807) is 0 Å². The van der Waals surface area contributed by atoms with Crippen LogP contribution < -0.4 is 9.47 Å². The van der Waals surface area contributed by atoms with Crippen LogP contribution in [0.1, 0.15) is 16.7 Å². The van der Waals surface area contributed by atoms with E-state index in [4.69, 9.17) is 20.2 Å². The molecule has 0 saturated carbocycles. The van der Waals surface area contributed by atoms with E-state index in [0.29, 0.717) is 24.3 Å². The van der Waals surface area contributed by atoms with Crippen molar-refractivity contribution in [2.75, 3.05) is 13.7 Å². The van der Waals surface area contributed by atoms with Gasteiger partial charge in [0.1, 0.15) is 11.5 Å². The molecule has 0 radical (unpaired) electrons. The first-order chi connectivity index (χ1) is 7.92. The third-order valence-corrected chi connectivity index (χ3v) is 3.73. The summed E-state index contributed by atoms with van der Waals surface area (Å²) in [5.74, 6) is 1.09. The van der Waals surface area contributed by atoms with Crippen LogP contribution in [0.3, 0.4) is 0 Å². The van der Waals surface area contributed by atoms with Crippen LogP contribution in [0.25, 0.3) is 0 Å². The average molecular weight is 277 g/mol. The Morgan fingerprint density at radius 2 is 2.24 bits per heavy atom. The maximum atomic E-state index is 11.2. The van der Waals surface area contributed by atoms with Crippen LogP contribution in [-0.4, -0.2) is 22.1 Å². The van der Waals surface area contributed by atoms with Crippen LogP contribution in [0.15, 0.2) is 6.07 Å². The third-order valence-electron chi connectivity index (χ3n) is 2.77. The largest absolute Gasteiger partial charge is 0.496 e. The molecular formula is C11H13ClO4S. The SMILES string of the molecule is COc1c(C)cc2c(c1CS(=O)(=O)Cl)CCO2. The molecule has 17 heavy (non-hydrogen) atoms. The van der Waals surface area contributed by atoms with Crippen molar-refractivity contribution in [3.63, 3.8) is 0 Å². The molecule has 0 amide bonds. The van der Waals surface area contributed by atoms with E-state index in [1.165, 1.54) is 7.11 Å². The smallest absolute Gasteiger partial charge is 0.236 e. The fourth-order valence-corrected chi connectivity index (χ4v) is 3.13. The average Bonchev–Trinajstić information content (AvgIpc) is 2.63. The van der Waals surface area contributed by atoms with E-state index < -0.39 is 9.05 Å². The first kappa shape index (κ1) is 12.5. The van der Waals surface area contributed by atoms with Gasteiger partial charge in [-0.05, 0) is 18.6 Å². The fraction of sp³-hybridized carbons (Fsp3) is 0.455. The predicted molar refractivity (Wildman–Crippen MR) is 65.4 cm³/mol. The molecule has 2 rings (SSSR count). The van der Waals surface area contributed by atoms with Crippen molar-refractivity contribution in [3.05, 3.63) is 22.8 Å². The Balaban J connectivity index is 2.61. The Kier molecular flexibility index (Phi) is 3.23. The summed E-state index contributed by atoms with van der Waals surface area (Å²) in [5, 5.41) is 0. The van der Waals surface area contributed by atoms with Gasteiger partial charge in [-0.15, -0.1) is 0 Å². The molecule has 0 bridgehead atoms. The van der Waals surface area contributed by atoms with Gasteiger partial charge in [-0.3, -0.25) is 0 Å². The zero-order valence-electron chi connectivity index (χ0n) is 9.62. The quantitative estimate of drug-likeness (QED) is 0.793. The van der Waals surface area contributed by atoms with Gasteiger partial charge in [0.25, 0.3) is 0 Å². The first-order valence-electron chi connectivity index (χ1n) is 5.17. The number of fused-ring (bicyclic) bond motifs is 1. The second-order valence-corrected chi connectivity index (χ2v) is 6.74.